The predicted octanol–water partition coefficient (Wildman–Crippen LogP) is 5.28. The Kier molecular flexibility index (Phi) is 4.10. The smallest absolute Gasteiger partial charge is 0.404 e. The van der Waals surface area contributed by atoms with Crippen molar-refractivity contribution in [2.75, 3.05) is 0 Å². The molecule has 0 radical (unpaired) electrons. The van der Waals surface area contributed by atoms with Crippen LogP contribution in [0.15, 0.2) is 12.1 Å². The molecule has 0 atom stereocenters. The summed E-state index contributed by atoms with van der Waals surface area (Å²) in [4.78, 5) is 0. The molecule has 20 heavy (non-hydrogen) atoms. The van der Waals surface area contributed by atoms with Crippen LogP contribution in [0, 0.1) is 0 Å². The highest BCUT2D eigenvalue weighted by Gasteiger charge is 2.41. The minimum atomic E-state index is -5.49. The van der Waals surface area contributed by atoms with Gasteiger partial charge in [0.05, 0.1) is 16.1 Å². The Hall–Kier alpha value is -1.32. The van der Waals surface area contributed by atoms with Crippen molar-refractivity contribution >= 4 is 11.6 Å². The quantitative estimate of drug-likeness (QED) is 0.636. The number of halogens is 10. The molecule has 1 aromatic carbocycles. The first-order chi connectivity index (χ1) is 8.72. The molecule has 0 bridgehead atoms. The van der Waals surface area contributed by atoms with Crippen molar-refractivity contribution in [3.8, 4) is 5.75 Å². The van der Waals surface area contributed by atoms with Crippen LogP contribution < -0.4 is 4.74 Å². The summed E-state index contributed by atoms with van der Waals surface area (Å²) in [6, 6.07) is -0.656. The van der Waals surface area contributed by atoms with Gasteiger partial charge >= 0.3 is 18.7 Å². The van der Waals surface area contributed by atoms with Crippen molar-refractivity contribution in [1.82, 2.24) is 0 Å². The van der Waals surface area contributed by atoms with E-state index in [9.17, 15) is 39.5 Å². The maximum absolute atomic E-state index is 12.4. The van der Waals surface area contributed by atoms with Crippen LogP contribution in [0.1, 0.15) is 11.1 Å². The van der Waals surface area contributed by atoms with Crippen LogP contribution in [0.25, 0.3) is 0 Å². The van der Waals surface area contributed by atoms with Gasteiger partial charge in [-0.15, -0.1) is 13.2 Å². The largest absolute Gasteiger partial charge is 0.573 e. The third kappa shape index (κ3) is 4.09. The zero-order chi connectivity index (χ0) is 15.9. The third-order valence-electron chi connectivity index (χ3n) is 1.90. The van der Waals surface area contributed by atoms with E-state index in [1.807, 2.05) is 0 Å². The van der Waals surface area contributed by atoms with Gasteiger partial charge in [-0.2, -0.15) is 26.3 Å². The Labute approximate surface area is 109 Å². The average molecular weight is 333 g/mol. The van der Waals surface area contributed by atoms with Gasteiger partial charge in [-0.1, -0.05) is 11.6 Å². The van der Waals surface area contributed by atoms with Crippen molar-refractivity contribution in [3.05, 3.63) is 28.3 Å². The van der Waals surface area contributed by atoms with Crippen LogP contribution in [0.2, 0.25) is 5.02 Å². The van der Waals surface area contributed by atoms with Gasteiger partial charge < -0.3 is 4.74 Å². The normalized spacial score (nSPS) is 13.5. The molecule has 11 heteroatoms. The van der Waals surface area contributed by atoms with E-state index in [1.54, 1.807) is 0 Å². The molecule has 0 fully saturated rings. The van der Waals surface area contributed by atoms with Crippen LogP contribution in [-0.2, 0) is 12.4 Å². The fourth-order valence-electron chi connectivity index (χ4n) is 1.17. The van der Waals surface area contributed by atoms with Gasteiger partial charge in [0.15, 0.2) is 0 Å². The van der Waals surface area contributed by atoms with E-state index >= 15 is 0 Å². The van der Waals surface area contributed by atoms with Gasteiger partial charge in [-0.25, -0.2) is 0 Å². The number of hydrogen-bond acceptors (Lipinski definition) is 1. The lowest BCUT2D eigenvalue weighted by Crippen LogP contribution is -2.19. The highest BCUT2D eigenvalue weighted by molar-refractivity contribution is 6.33. The van der Waals surface area contributed by atoms with E-state index in [4.69, 9.17) is 11.6 Å². The second-order valence-corrected chi connectivity index (χ2v) is 3.76. The Balaban J connectivity index is 3.51. The van der Waals surface area contributed by atoms with Crippen molar-refractivity contribution in [2.45, 2.75) is 18.7 Å². The molecule has 0 aromatic heterocycles. The Morgan fingerprint density at radius 2 is 1.30 bits per heavy atom. The van der Waals surface area contributed by atoms with Crippen molar-refractivity contribution in [1.29, 1.82) is 0 Å². The fraction of sp³-hybridized carbons (Fsp3) is 0.333. The van der Waals surface area contributed by atoms with Crippen molar-refractivity contribution in [3.63, 3.8) is 0 Å². The Bertz CT molecular complexity index is 500. The summed E-state index contributed by atoms with van der Waals surface area (Å²) >= 11 is 5.01. The van der Waals surface area contributed by atoms with Gasteiger partial charge in [0.1, 0.15) is 5.75 Å². The minimum absolute atomic E-state index is 0.259. The van der Waals surface area contributed by atoms with Gasteiger partial charge in [0, 0.05) is 0 Å². The molecule has 0 spiro atoms. The van der Waals surface area contributed by atoms with Gasteiger partial charge in [0.25, 0.3) is 0 Å². The number of ether oxygens (including phenoxy) is 1. The molecular formula is C9H2ClF9O. The number of benzene rings is 1. The van der Waals surface area contributed by atoms with Crippen molar-refractivity contribution in [2.24, 2.45) is 0 Å². The zero-order valence-electron chi connectivity index (χ0n) is 8.84. The molecule has 0 heterocycles. The number of hydrogen-bond donors (Lipinski definition) is 0. The van der Waals surface area contributed by atoms with Crippen LogP contribution in [0.3, 0.4) is 0 Å². The van der Waals surface area contributed by atoms with Gasteiger partial charge in [-0.3, -0.25) is 0 Å². The molecule has 0 N–H and O–H groups in total. The molecule has 0 saturated heterocycles. The molecule has 0 aliphatic rings. The molecule has 0 unspecified atom stereocenters. The first-order valence-electron chi connectivity index (χ1n) is 4.45. The van der Waals surface area contributed by atoms with Crippen LogP contribution in [-0.4, -0.2) is 6.36 Å². The molecule has 0 amide bonds. The summed E-state index contributed by atoms with van der Waals surface area (Å²) in [5, 5.41) is -1.61. The molecule has 1 nitrogen and oxygen atoms in total. The van der Waals surface area contributed by atoms with E-state index in [1.165, 1.54) is 0 Å². The first kappa shape index (κ1) is 16.7. The van der Waals surface area contributed by atoms with E-state index in [-0.39, 0.29) is 6.07 Å². The lowest BCUT2D eigenvalue weighted by atomic mass is 10.1. The number of rotatable bonds is 1. The molecular weight excluding hydrogens is 331 g/mol. The van der Waals surface area contributed by atoms with E-state index < -0.39 is 46.7 Å². The van der Waals surface area contributed by atoms with Gasteiger partial charge in [0.2, 0.25) is 0 Å². The molecule has 1 rings (SSSR count). The summed E-state index contributed by atoms with van der Waals surface area (Å²) in [6.45, 7) is 0. The molecule has 0 aliphatic carbocycles. The third-order valence-corrected chi connectivity index (χ3v) is 2.29. The highest BCUT2D eigenvalue weighted by Crippen LogP contribution is 2.44. The number of alkyl halides is 9. The second kappa shape index (κ2) is 4.90. The van der Waals surface area contributed by atoms with Crippen LogP contribution >= 0.6 is 11.6 Å². The summed E-state index contributed by atoms with van der Waals surface area (Å²) in [5.41, 5.74) is -4.04. The summed E-state index contributed by atoms with van der Waals surface area (Å²) in [5.74, 6) is -1.78. The molecule has 0 aliphatic heterocycles. The Morgan fingerprint density at radius 1 is 0.800 bits per heavy atom. The molecule has 0 saturated carbocycles. The highest BCUT2D eigenvalue weighted by atomic mass is 35.5. The molecule has 1 aromatic rings. The average Bonchev–Trinajstić information content (AvgIpc) is 2.15. The predicted molar refractivity (Wildman–Crippen MR) is 48.1 cm³/mol. The maximum Gasteiger partial charge on any atom is 0.573 e. The minimum Gasteiger partial charge on any atom is -0.404 e. The summed E-state index contributed by atoms with van der Waals surface area (Å²) in [7, 11) is 0. The Morgan fingerprint density at radius 3 is 1.65 bits per heavy atom. The zero-order valence-corrected chi connectivity index (χ0v) is 9.60. The van der Waals surface area contributed by atoms with Crippen molar-refractivity contribution < 1.29 is 44.3 Å². The fourth-order valence-corrected chi connectivity index (χ4v) is 1.42. The standard InChI is InChI=1S/C9H2ClF9O/c10-6-4(8(14,15)16)1-3(7(11,12)13)2-5(6)20-9(17,18)19/h1-2H. The first-order valence-corrected chi connectivity index (χ1v) is 4.83. The van der Waals surface area contributed by atoms with Gasteiger partial charge in [-0.05, 0) is 12.1 Å². The van der Waals surface area contributed by atoms with E-state index in [2.05, 4.69) is 4.74 Å². The lowest BCUT2D eigenvalue weighted by Gasteiger charge is -2.17. The van der Waals surface area contributed by atoms with E-state index in [0.717, 1.165) is 0 Å². The van der Waals surface area contributed by atoms with E-state index in [0.29, 0.717) is 0 Å². The van der Waals surface area contributed by atoms with Crippen LogP contribution in [0.5, 0.6) is 5.75 Å². The summed E-state index contributed by atoms with van der Waals surface area (Å²) < 4.78 is 113. The molecule has 114 valence electrons. The topological polar surface area (TPSA) is 9.23 Å². The lowest BCUT2D eigenvalue weighted by molar-refractivity contribution is -0.275. The maximum atomic E-state index is 12.4. The van der Waals surface area contributed by atoms with Crippen LogP contribution in [0.4, 0.5) is 39.5 Å². The summed E-state index contributed by atoms with van der Waals surface area (Å²) in [6.07, 6.45) is -16.2. The monoisotopic (exact) mass is 332 g/mol. The second-order valence-electron chi connectivity index (χ2n) is 3.38. The SMILES string of the molecule is FC(F)(F)Oc1cc(C(F)(F)F)cc(C(F)(F)F)c1Cl.